The Balaban J connectivity index is 1.50. The van der Waals surface area contributed by atoms with Crippen molar-refractivity contribution in [1.82, 2.24) is 0 Å². The highest BCUT2D eigenvalue weighted by atomic mass is 16.5. The number of carbonyl (C=O) groups excluding carboxylic acids is 1. The Hall–Kier alpha value is -4.85. The number of carbonyl (C=O) groups is 1. The van der Waals surface area contributed by atoms with Gasteiger partial charge in [-0.3, -0.25) is 0 Å². The van der Waals surface area contributed by atoms with Gasteiger partial charge in [-0.05, 0) is 84.5 Å². The van der Waals surface area contributed by atoms with Crippen LogP contribution in [0.3, 0.4) is 0 Å². The van der Waals surface area contributed by atoms with Crippen LogP contribution in [0.1, 0.15) is 125 Å². The normalized spacial score (nSPS) is 10.8. The van der Waals surface area contributed by atoms with Crippen molar-refractivity contribution in [2.75, 3.05) is 26.9 Å². The third kappa shape index (κ3) is 15.8. The first-order valence-electron chi connectivity index (χ1n) is 20.3. The van der Waals surface area contributed by atoms with E-state index in [1.54, 1.807) is 12.1 Å². The number of ether oxygens (including phenoxy) is 7. The quantitative estimate of drug-likeness (QED) is 0.0419. The minimum Gasteiger partial charge on any atom is -0.494 e. The number of hydrogen-bond acceptors (Lipinski definition) is 8. The van der Waals surface area contributed by atoms with Crippen molar-refractivity contribution in [2.24, 2.45) is 0 Å². The minimum absolute atomic E-state index is 0.238. The Morgan fingerprint density at radius 1 is 0.436 bits per heavy atom. The molecule has 0 aliphatic heterocycles. The van der Waals surface area contributed by atoms with E-state index in [0.29, 0.717) is 42.6 Å². The number of hydrogen-bond donors (Lipinski definition) is 0. The average Bonchev–Trinajstić information content (AvgIpc) is 3.22. The number of rotatable bonds is 28. The molecular formula is C47H62O8. The highest BCUT2D eigenvalue weighted by Gasteiger charge is 2.20. The van der Waals surface area contributed by atoms with E-state index in [2.05, 4.69) is 20.8 Å². The smallest absolute Gasteiger partial charge is 0.338 e. The molecule has 0 spiro atoms. The van der Waals surface area contributed by atoms with E-state index in [9.17, 15) is 4.79 Å². The number of methoxy groups -OCH3 is 1. The van der Waals surface area contributed by atoms with Crippen molar-refractivity contribution in [3.05, 3.63) is 107 Å². The summed E-state index contributed by atoms with van der Waals surface area (Å²) in [6.07, 6.45) is 13.9. The van der Waals surface area contributed by atoms with Gasteiger partial charge in [-0.25, -0.2) is 4.79 Å². The molecule has 0 radical (unpaired) electrons. The Morgan fingerprint density at radius 2 is 0.782 bits per heavy atom. The first-order chi connectivity index (χ1) is 27.0. The van der Waals surface area contributed by atoms with Crippen molar-refractivity contribution in [2.45, 2.75) is 118 Å². The lowest BCUT2D eigenvalue weighted by Gasteiger charge is -2.19. The molecule has 0 saturated heterocycles. The maximum absolute atomic E-state index is 12.9. The molecule has 0 bridgehead atoms. The molecule has 0 aliphatic carbocycles. The van der Waals surface area contributed by atoms with Crippen LogP contribution < -0.4 is 28.4 Å². The summed E-state index contributed by atoms with van der Waals surface area (Å²) < 4.78 is 42.1. The van der Waals surface area contributed by atoms with Gasteiger partial charge in [-0.2, -0.15) is 0 Å². The molecule has 0 unspecified atom stereocenters. The maximum Gasteiger partial charge on any atom is 0.338 e. The van der Waals surface area contributed by atoms with Gasteiger partial charge in [0.05, 0.1) is 32.5 Å². The predicted octanol–water partition coefficient (Wildman–Crippen LogP) is 12.1. The van der Waals surface area contributed by atoms with Crippen LogP contribution in [0, 0.1) is 0 Å². The highest BCUT2D eigenvalue weighted by molar-refractivity contribution is 5.91. The lowest BCUT2D eigenvalue weighted by Crippen LogP contribution is -2.08. The van der Waals surface area contributed by atoms with Gasteiger partial charge in [0.2, 0.25) is 5.75 Å². The summed E-state index contributed by atoms with van der Waals surface area (Å²) in [6, 6.07) is 26.9. The number of benzene rings is 4. The molecule has 0 saturated carbocycles. The molecule has 4 aromatic rings. The molecule has 8 heteroatoms. The molecule has 0 fully saturated rings. The predicted molar refractivity (Wildman–Crippen MR) is 219 cm³/mol. The van der Waals surface area contributed by atoms with E-state index in [1.165, 1.54) is 64.9 Å². The van der Waals surface area contributed by atoms with Crippen molar-refractivity contribution in [1.29, 1.82) is 0 Å². The molecule has 4 rings (SSSR count). The molecule has 298 valence electrons. The maximum atomic E-state index is 12.9. The zero-order valence-electron chi connectivity index (χ0n) is 33.6. The lowest BCUT2D eigenvalue weighted by molar-refractivity contribution is 0.0599. The summed E-state index contributed by atoms with van der Waals surface area (Å²) in [5.41, 5.74) is 3.11. The summed E-state index contributed by atoms with van der Waals surface area (Å²) in [6.45, 7) is 9.43. The fraction of sp³-hybridized carbons (Fsp3) is 0.468. The first-order valence-corrected chi connectivity index (χ1v) is 20.3. The van der Waals surface area contributed by atoms with Crippen LogP contribution in [-0.2, 0) is 24.6 Å². The Kier molecular flexibility index (Phi) is 19.7. The SMILES string of the molecule is CCCCCCOc1ccc(COc2cc(C(=O)OC)cc(OCc3ccc(OCCCCCC)cc3)c2OCc2ccc(OCCCCCC)cc2)cc1. The fourth-order valence-electron chi connectivity index (χ4n) is 5.85. The van der Waals surface area contributed by atoms with Crippen LogP contribution in [0.5, 0.6) is 34.5 Å². The van der Waals surface area contributed by atoms with Crippen LogP contribution in [0.25, 0.3) is 0 Å². The second kappa shape index (κ2) is 25.3. The van der Waals surface area contributed by atoms with Gasteiger partial charge in [-0.15, -0.1) is 0 Å². The van der Waals surface area contributed by atoms with E-state index >= 15 is 0 Å². The molecule has 0 amide bonds. The van der Waals surface area contributed by atoms with Crippen LogP contribution in [0.4, 0.5) is 0 Å². The van der Waals surface area contributed by atoms with Crippen molar-refractivity contribution in [3.63, 3.8) is 0 Å². The summed E-state index contributed by atoms with van der Waals surface area (Å²) >= 11 is 0. The van der Waals surface area contributed by atoms with E-state index in [1.807, 2.05) is 72.8 Å². The van der Waals surface area contributed by atoms with Gasteiger partial charge in [0.25, 0.3) is 0 Å². The monoisotopic (exact) mass is 754 g/mol. The van der Waals surface area contributed by atoms with Crippen molar-refractivity contribution in [3.8, 4) is 34.5 Å². The molecule has 0 heterocycles. The zero-order valence-corrected chi connectivity index (χ0v) is 33.6. The van der Waals surface area contributed by atoms with E-state index in [4.69, 9.17) is 33.2 Å². The Bertz CT molecular complexity index is 1550. The third-order valence-corrected chi connectivity index (χ3v) is 9.18. The second-order valence-corrected chi connectivity index (χ2v) is 13.8. The van der Waals surface area contributed by atoms with Gasteiger partial charge >= 0.3 is 5.97 Å². The Morgan fingerprint density at radius 3 is 1.11 bits per heavy atom. The lowest BCUT2D eigenvalue weighted by atomic mass is 10.1. The molecule has 8 nitrogen and oxygen atoms in total. The first kappa shape index (κ1) is 42.9. The van der Waals surface area contributed by atoms with Crippen molar-refractivity contribution >= 4 is 5.97 Å². The Labute approximate surface area is 329 Å². The van der Waals surface area contributed by atoms with Crippen LogP contribution in [0.2, 0.25) is 0 Å². The molecule has 4 aromatic carbocycles. The largest absolute Gasteiger partial charge is 0.494 e. The fourth-order valence-corrected chi connectivity index (χ4v) is 5.85. The van der Waals surface area contributed by atoms with Gasteiger partial charge in [0, 0.05) is 0 Å². The molecule has 55 heavy (non-hydrogen) atoms. The van der Waals surface area contributed by atoms with E-state index < -0.39 is 5.97 Å². The van der Waals surface area contributed by atoms with Crippen LogP contribution >= 0.6 is 0 Å². The van der Waals surface area contributed by atoms with Crippen LogP contribution in [-0.4, -0.2) is 32.9 Å². The number of esters is 1. The third-order valence-electron chi connectivity index (χ3n) is 9.18. The van der Waals surface area contributed by atoms with E-state index in [0.717, 1.165) is 53.2 Å². The summed E-state index contributed by atoms with van der Waals surface area (Å²) in [5.74, 6) is 3.10. The van der Waals surface area contributed by atoms with Gasteiger partial charge in [-0.1, -0.05) is 115 Å². The number of unbranched alkanes of at least 4 members (excludes halogenated alkanes) is 9. The molecular weight excluding hydrogens is 693 g/mol. The average molecular weight is 755 g/mol. The zero-order chi connectivity index (χ0) is 38.9. The molecule has 0 atom stereocenters. The summed E-state index contributed by atoms with van der Waals surface area (Å²) in [4.78, 5) is 12.9. The summed E-state index contributed by atoms with van der Waals surface area (Å²) in [5, 5.41) is 0. The van der Waals surface area contributed by atoms with Crippen molar-refractivity contribution < 1.29 is 38.0 Å². The molecule has 0 aliphatic rings. The van der Waals surface area contributed by atoms with Gasteiger partial charge < -0.3 is 33.2 Å². The topological polar surface area (TPSA) is 81.7 Å². The molecule has 0 aromatic heterocycles. The van der Waals surface area contributed by atoms with Crippen LogP contribution in [0.15, 0.2) is 84.9 Å². The van der Waals surface area contributed by atoms with E-state index in [-0.39, 0.29) is 19.8 Å². The highest BCUT2D eigenvalue weighted by Crippen LogP contribution is 2.41. The summed E-state index contributed by atoms with van der Waals surface area (Å²) in [7, 11) is 1.35. The molecule has 0 N–H and O–H groups in total. The second-order valence-electron chi connectivity index (χ2n) is 13.8. The standard InChI is InChI=1S/C47H62O8/c1-5-8-11-14-29-50-41-23-17-37(18-24-41)34-53-44-32-40(47(48)49-4)33-45(54-35-38-19-25-42(26-20-38)51-30-15-12-9-6-2)46(44)55-36-39-21-27-43(28-22-39)52-31-16-13-10-7-3/h17-28,32-33H,5-16,29-31,34-36H2,1-4H3. The van der Waals surface area contributed by atoms with Gasteiger partial charge in [0.15, 0.2) is 11.5 Å². The van der Waals surface area contributed by atoms with Gasteiger partial charge in [0.1, 0.15) is 37.1 Å². The minimum atomic E-state index is -0.507.